The van der Waals surface area contributed by atoms with Gasteiger partial charge in [-0.25, -0.2) is 0 Å². The quantitative estimate of drug-likeness (QED) is 0.341. The van der Waals surface area contributed by atoms with Gasteiger partial charge in [-0.1, -0.05) is 13.3 Å². The van der Waals surface area contributed by atoms with Crippen LogP contribution in [0.5, 0.6) is 0 Å². The fourth-order valence-electron chi connectivity index (χ4n) is 0.258. The Morgan fingerprint density at radius 3 is 1.70 bits per heavy atom. The first-order valence-electron chi connectivity index (χ1n) is 2.66. The van der Waals surface area contributed by atoms with Crippen molar-refractivity contribution in [2.45, 2.75) is 26.1 Å². The molecule has 5 nitrogen and oxygen atoms in total. The second-order valence-corrected chi connectivity index (χ2v) is 1.96. The molecular weight excluding hydrogens is 160 g/mol. The van der Waals surface area contributed by atoms with Crippen LogP contribution in [0, 0.1) is 0 Å². The number of rotatable bonds is 2. The largest absolute Gasteiger partial charge is 0.368 e. The molecule has 0 unspecified atom stereocenters. The zero-order valence-corrected chi connectivity index (χ0v) is 6.41. The third kappa shape index (κ3) is 43.7. The van der Waals surface area contributed by atoms with Crippen molar-refractivity contribution in [3.8, 4) is 0 Å². The van der Waals surface area contributed by atoms with Crippen molar-refractivity contribution in [1.29, 1.82) is 0 Å². The van der Waals surface area contributed by atoms with Crippen LogP contribution in [0.3, 0.4) is 0 Å². The Labute approximate surface area is 61.8 Å². The van der Waals surface area contributed by atoms with Crippen LogP contribution in [0.25, 0.3) is 0 Å². The lowest BCUT2D eigenvalue weighted by molar-refractivity contribution is -0.0453. The molecule has 0 spiro atoms. The average molecular weight is 172 g/mol. The van der Waals surface area contributed by atoms with E-state index in [9.17, 15) is 0 Å². The first kappa shape index (κ1) is 12.6. The summed E-state index contributed by atoms with van der Waals surface area (Å²) in [6.07, 6.45) is 0.215. The van der Waals surface area contributed by atoms with Gasteiger partial charge in [-0.05, 0) is 6.42 Å². The molecule has 6 heteroatoms. The second kappa shape index (κ2) is 8.99. The van der Waals surface area contributed by atoms with Crippen molar-refractivity contribution in [1.82, 2.24) is 0 Å². The standard InChI is InChI=1S/C4H10O2.H2O3S/c1-2-3-4(5)6;1-4(2)3/h4-6H,2-3H2,1H3;(H2,1,2,3). The molecule has 0 saturated carbocycles. The lowest BCUT2D eigenvalue weighted by atomic mass is 10.3. The van der Waals surface area contributed by atoms with Crippen LogP contribution in [0.2, 0.25) is 0 Å². The third-order valence-corrected chi connectivity index (χ3v) is 0.547. The highest BCUT2D eigenvalue weighted by Gasteiger charge is 1.89. The number of aliphatic hydroxyl groups excluding tert-OH is 1. The summed E-state index contributed by atoms with van der Waals surface area (Å²) >= 11 is -2.61. The van der Waals surface area contributed by atoms with E-state index in [4.69, 9.17) is 23.5 Å². The number of hydrogen-bond donors (Lipinski definition) is 4. The van der Waals surface area contributed by atoms with Crippen molar-refractivity contribution in [3.63, 3.8) is 0 Å². The van der Waals surface area contributed by atoms with Crippen molar-refractivity contribution in [2.24, 2.45) is 0 Å². The second-order valence-electron chi connectivity index (χ2n) is 1.50. The van der Waals surface area contributed by atoms with Crippen LogP contribution in [-0.4, -0.2) is 29.8 Å². The van der Waals surface area contributed by atoms with Crippen LogP contribution < -0.4 is 0 Å². The molecule has 0 aliphatic heterocycles. The van der Waals surface area contributed by atoms with E-state index in [1.54, 1.807) is 0 Å². The molecule has 0 rings (SSSR count). The van der Waals surface area contributed by atoms with E-state index in [1.165, 1.54) is 0 Å². The van der Waals surface area contributed by atoms with Crippen LogP contribution in [-0.2, 0) is 11.4 Å². The molecule has 64 valence electrons. The Kier molecular flexibility index (Phi) is 11.4. The SMILES string of the molecule is CCCC(O)O.O=S(O)O. The minimum absolute atomic E-state index is 0.486. The van der Waals surface area contributed by atoms with E-state index in [-0.39, 0.29) is 0 Å². The van der Waals surface area contributed by atoms with Gasteiger partial charge in [0.15, 0.2) is 6.29 Å². The first-order valence-corrected chi connectivity index (χ1v) is 3.73. The lowest BCUT2D eigenvalue weighted by Crippen LogP contribution is -2.01. The zero-order valence-electron chi connectivity index (χ0n) is 5.60. The van der Waals surface area contributed by atoms with Crippen molar-refractivity contribution >= 4 is 11.4 Å². The monoisotopic (exact) mass is 172 g/mol. The maximum absolute atomic E-state index is 8.67. The van der Waals surface area contributed by atoms with E-state index in [0.29, 0.717) is 6.42 Å². The normalized spacial score (nSPS) is 9.50. The predicted octanol–water partition coefficient (Wildman–Crippen LogP) is -0.222. The average Bonchev–Trinajstić information content (AvgIpc) is 1.62. The molecular formula is C4H12O5S. The van der Waals surface area contributed by atoms with E-state index < -0.39 is 17.7 Å². The Bertz CT molecular complexity index is 79.7. The molecule has 0 fully saturated rings. The van der Waals surface area contributed by atoms with Gasteiger partial charge in [0.05, 0.1) is 0 Å². The van der Waals surface area contributed by atoms with Crippen molar-refractivity contribution < 1.29 is 23.5 Å². The summed E-state index contributed by atoms with van der Waals surface area (Å²) in [6.45, 7) is 1.90. The first-order chi connectivity index (χ1) is 4.50. The topological polar surface area (TPSA) is 98.0 Å². The molecule has 0 aromatic heterocycles. The van der Waals surface area contributed by atoms with Gasteiger partial charge in [-0.15, -0.1) is 0 Å². The molecule has 0 aliphatic rings. The van der Waals surface area contributed by atoms with Gasteiger partial charge >= 0.3 is 0 Å². The van der Waals surface area contributed by atoms with E-state index in [2.05, 4.69) is 0 Å². The Morgan fingerprint density at radius 2 is 1.70 bits per heavy atom. The fraction of sp³-hybridized carbons (Fsp3) is 1.00. The summed E-state index contributed by atoms with van der Waals surface area (Å²) in [5.41, 5.74) is 0. The fourth-order valence-corrected chi connectivity index (χ4v) is 0.258. The summed E-state index contributed by atoms with van der Waals surface area (Å²) in [7, 11) is 0. The van der Waals surface area contributed by atoms with Gasteiger partial charge in [-0.3, -0.25) is 9.11 Å². The summed E-state index contributed by atoms with van der Waals surface area (Å²) in [5.74, 6) is 0. The van der Waals surface area contributed by atoms with Gasteiger partial charge in [0.1, 0.15) is 0 Å². The molecule has 10 heavy (non-hydrogen) atoms. The van der Waals surface area contributed by atoms with Gasteiger partial charge in [0, 0.05) is 0 Å². The molecule has 0 saturated heterocycles. The summed E-state index contributed by atoms with van der Waals surface area (Å²) in [4.78, 5) is 0. The highest BCUT2D eigenvalue weighted by Crippen LogP contribution is 1.88. The maximum Gasteiger partial charge on any atom is 0.299 e. The summed E-state index contributed by atoms with van der Waals surface area (Å²) in [6, 6.07) is 0. The molecule has 0 bridgehead atoms. The molecule has 0 amide bonds. The van der Waals surface area contributed by atoms with Crippen LogP contribution >= 0.6 is 0 Å². The van der Waals surface area contributed by atoms with E-state index in [0.717, 1.165) is 6.42 Å². The van der Waals surface area contributed by atoms with Crippen LogP contribution in [0.15, 0.2) is 0 Å². The van der Waals surface area contributed by atoms with Gasteiger partial charge < -0.3 is 10.2 Å². The van der Waals surface area contributed by atoms with Crippen LogP contribution in [0.4, 0.5) is 0 Å². The minimum atomic E-state index is -2.61. The van der Waals surface area contributed by atoms with E-state index >= 15 is 0 Å². The summed E-state index contributed by atoms with van der Waals surface area (Å²) < 4.78 is 22.8. The molecule has 0 heterocycles. The van der Waals surface area contributed by atoms with Gasteiger partial charge in [0.25, 0.3) is 11.4 Å². The highest BCUT2D eigenvalue weighted by atomic mass is 32.2. The smallest absolute Gasteiger partial charge is 0.299 e. The van der Waals surface area contributed by atoms with Gasteiger partial charge in [-0.2, -0.15) is 4.21 Å². The zero-order chi connectivity index (χ0) is 8.57. The molecule has 4 N–H and O–H groups in total. The van der Waals surface area contributed by atoms with Crippen LogP contribution in [0.1, 0.15) is 19.8 Å². The molecule has 0 aromatic rings. The number of hydrogen-bond acceptors (Lipinski definition) is 3. The maximum atomic E-state index is 8.67. The molecule has 0 atom stereocenters. The number of aliphatic hydroxyl groups is 2. The molecule has 0 aliphatic carbocycles. The summed E-state index contributed by atoms with van der Waals surface area (Å²) in [5, 5.41) is 16.2. The lowest BCUT2D eigenvalue weighted by Gasteiger charge is -1.94. The molecule has 0 aromatic carbocycles. The van der Waals surface area contributed by atoms with Gasteiger partial charge in [0.2, 0.25) is 0 Å². The van der Waals surface area contributed by atoms with Crippen molar-refractivity contribution in [2.75, 3.05) is 0 Å². The van der Waals surface area contributed by atoms with E-state index in [1.807, 2.05) is 6.92 Å². The third-order valence-electron chi connectivity index (χ3n) is 0.547. The Morgan fingerprint density at radius 1 is 1.40 bits per heavy atom. The minimum Gasteiger partial charge on any atom is -0.368 e. The molecule has 0 radical (unpaired) electrons. The predicted molar refractivity (Wildman–Crippen MR) is 36.5 cm³/mol. The Balaban J connectivity index is 0. The Hall–Kier alpha value is -0.0100. The van der Waals surface area contributed by atoms with Crippen molar-refractivity contribution in [3.05, 3.63) is 0 Å². The highest BCUT2D eigenvalue weighted by molar-refractivity contribution is 7.73.